The normalized spacial score (nSPS) is 10.4. The summed E-state index contributed by atoms with van der Waals surface area (Å²) >= 11 is 1.62. The molecule has 4 nitrogen and oxygen atoms in total. The minimum atomic E-state index is 0.180. The Morgan fingerprint density at radius 2 is 2.10 bits per heavy atom. The Hall–Kier alpha value is -2.40. The van der Waals surface area contributed by atoms with Crippen LogP contribution in [0, 0.1) is 0 Å². The molecule has 100 valence electrons. The van der Waals surface area contributed by atoms with E-state index >= 15 is 0 Å². The number of aromatic nitrogens is 2. The van der Waals surface area contributed by atoms with Gasteiger partial charge >= 0.3 is 0 Å². The van der Waals surface area contributed by atoms with Gasteiger partial charge in [0.05, 0.1) is 18.4 Å². The number of rotatable bonds is 4. The lowest BCUT2D eigenvalue weighted by atomic mass is 10.2. The number of nitrogens with zero attached hydrogens (tertiary/aromatic N) is 2. The largest absolute Gasteiger partial charge is 0.506 e. The molecule has 2 N–H and O–H groups in total. The van der Waals surface area contributed by atoms with Gasteiger partial charge in [0.1, 0.15) is 10.8 Å². The van der Waals surface area contributed by atoms with E-state index < -0.39 is 0 Å². The Bertz CT molecular complexity index is 681. The van der Waals surface area contributed by atoms with E-state index in [4.69, 9.17) is 0 Å². The van der Waals surface area contributed by atoms with Crippen LogP contribution in [0.3, 0.4) is 0 Å². The van der Waals surface area contributed by atoms with Crippen LogP contribution in [0.2, 0.25) is 0 Å². The zero-order valence-electron chi connectivity index (χ0n) is 10.7. The van der Waals surface area contributed by atoms with E-state index in [2.05, 4.69) is 21.4 Å². The first-order valence-electron chi connectivity index (χ1n) is 6.19. The lowest BCUT2D eigenvalue weighted by Gasteiger charge is -2.07. The molecule has 0 unspecified atom stereocenters. The minimum absolute atomic E-state index is 0.180. The number of nitrogens with one attached hydrogen (secondary N) is 1. The smallest absolute Gasteiger partial charge is 0.133 e. The van der Waals surface area contributed by atoms with Crippen LogP contribution in [-0.2, 0) is 6.54 Å². The SMILES string of the molecule is Oc1ccc(CNc2cccc(-c3nccs3)c2)nc1. The highest BCUT2D eigenvalue weighted by Crippen LogP contribution is 2.24. The number of thiazole rings is 1. The first kappa shape index (κ1) is 12.6. The molecular formula is C15H13N3OS. The third-order valence-corrected chi connectivity index (χ3v) is 3.65. The quantitative estimate of drug-likeness (QED) is 0.769. The van der Waals surface area contributed by atoms with Gasteiger partial charge in [-0.3, -0.25) is 4.98 Å². The molecular weight excluding hydrogens is 270 g/mol. The predicted octanol–water partition coefficient (Wildman–Crippen LogP) is 3.52. The molecule has 20 heavy (non-hydrogen) atoms. The molecule has 0 aliphatic heterocycles. The van der Waals surface area contributed by atoms with E-state index in [1.54, 1.807) is 29.7 Å². The average Bonchev–Trinajstić information content (AvgIpc) is 3.01. The topological polar surface area (TPSA) is 58.0 Å². The van der Waals surface area contributed by atoms with Gasteiger partial charge in [0, 0.05) is 22.8 Å². The molecule has 0 radical (unpaired) electrons. The summed E-state index contributed by atoms with van der Waals surface area (Å²) in [6.07, 6.45) is 3.25. The molecule has 0 aliphatic rings. The molecule has 0 saturated heterocycles. The van der Waals surface area contributed by atoms with Crippen molar-refractivity contribution in [2.24, 2.45) is 0 Å². The second kappa shape index (κ2) is 5.71. The first-order valence-corrected chi connectivity index (χ1v) is 7.07. The highest BCUT2D eigenvalue weighted by atomic mass is 32.1. The van der Waals surface area contributed by atoms with Crippen molar-refractivity contribution < 1.29 is 5.11 Å². The Labute approximate surface area is 120 Å². The summed E-state index contributed by atoms with van der Waals surface area (Å²) < 4.78 is 0. The molecule has 0 atom stereocenters. The monoisotopic (exact) mass is 283 g/mol. The van der Waals surface area contributed by atoms with Gasteiger partial charge in [-0.05, 0) is 24.3 Å². The van der Waals surface area contributed by atoms with Gasteiger partial charge in [-0.25, -0.2) is 4.98 Å². The second-order valence-corrected chi connectivity index (χ2v) is 5.17. The van der Waals surface area contributed by atoms with Crippen LogP contribution in [-0.4, -0.2) is 15.1 Å². The van der Waals surface area contributed by atoms with Gasteiger partial charge in [0.25, 0.3) is 0 Å². The average molecular weight is 283 g/mol. The van der Waals surface area contributed by atoms with Crippen molar-refractivity contribution in [3.05, 3.63) is 59.9 Å². The van der Waals surface area contributed by atoms with Gasteiger partial charge in [-0.15, -0.1) is 11.3 Å². The minimum Gasteiger partial charge on any atom is -0.506 e. The van der Waals surface area contributed by atoms with Crippen LogP contribution in [0.5, 0.6) is 5.75 Å². The van der Waals surface area contributed by atoms with Crippen molar-refractivity contribution in [1.29, 1.82) is 0 Å². The summed E-state index contributed by atoms with van der Waals surface area (Å²) in [6.45, 7) is 0.613. The maximum Gasteiger partial charge on any atom is 0.133 e. The molecule has 0 fully saturated rings. The molecule has 0 saturated carbocycles. The summed E-state index contributed by atoms with van der Waals surface area (Å²) in [6, 6.07) is 11.6. The zero-order chi connectivity index (χ0) is 13.8. The van der Waals surface area contributed by atoms with Crippen LogP contribution in [0.4, 0.5) is 5.69 Å². The van der Waals surface area contributed by atoms with Gasteiger partial charge in [0.2, 0.25) is 0 Å². The van der Waals surface area contributed by atoms with E-state index in [0.29, 0.717) is 6.54 Å². The maximum absolute atomic E-state index is 9.20. The number of benzene rings is 1. The van der Waals surface area contributed by atoms with Crippen LogP contribution in [0.25, 0.3) is 10.6 Å². The lowest BCUT2D eigenvalue weighted by molar-refractivity contribution is 0.472. The van der Waals surface area contributed by atoms with E-state index in [-0.39, 0.29) is 5.75 Å². The highest BCUT2D eigenvalue weighted by Gasteiger charge is 2.02. The first-order chi connectivity index (χ1) is 9.81. The van der Waals surface area contributed by atoms with Crippen molar-refractivity contribution >= 4 is 17.0 Å². The number of hydrogen-bond donors (Lipinski definition) is 2. The number of pyridine rings is 1. The molecule has 3 rings (SSSR count). The Morgan fingerprint density at radius 3 is 2.85 bits per heavy atom. The number of aromatic hydroxyl groups is 1. The maximum atomic E-state index is 9.20. The van der Waals surface area contributed by atoms with Gasteiger partial charge in [0.15, 0.2) is 0 Å². The molecule has 5 heteroatoms. The van der Waals surface area contributed by atoms with Gasteiger partial charge < -0.3 is 10.4 Å². The summed E-state index contributed by atoms with van der Waals surface area (Å²) in [5, 5.41) is 15.5. The van der Waals surface area contributed by atoms with Crippen LogP contribution < -0.4 is 5.32 Å². The fraction of sp³-hybridized carbons (Fsp3) is 0.0667. The Balaban J connectivity index is 1.72. The predicted molar refractivity (Wildman–Crippen MR) is 80.8 cm³/mol. The fourth-order valence-corrected chi connectivity index (χ4v) is 2.48. The van der Waals surface area contributed by atoms with Crippen LogP contribution in [0.1, 0.15) is 5.69 Å². The summed E-state index contributed by atoms with van der Waals surface area (Å²) in [7, 11) is 0. The standard InChI is InChI=1S/C15H13N3OS/c19-14-5-4-13(18-10-14)9-17-12-3-1-2-11(8-12)15-16-6-7-20-15/h1-8,10,17,19H,9H2. The third-order valence-electron chi connectivity index (χ3n) is 2.82. The van der Waals surface area contributed by atoms with Gasteiger partial charge in [-0.2, -0.15) is 0 Å². The van der Waals surface area contributed by atoms with Crippen LogP contribution >= 0.6 is 11.3 Å². The highest BCUT2D eigenvalue weighted by molar-refractivity contribution is 7.13. The molecule has 0 aliphatic carbocycles. The molecule has 0 bridgehead atoms. The molecule has 2 aromatic heterocycles. The second-order valence-electron chi connectivity index (χ2n) is 4.28. The van der Waals surface area contributed by atoms with E-state index in [0.717, 1.165) is 22.0 Å². The lowest BCUT2D eigenvalue weighted by Crippen LogP contribution is -2.01. The summed E-state index contributed by atoms with van der Waals surface area (Å²) in [4.78, 5) is 8.45. The van der Waals surface area contributed by atoms with Crippen LogP contribution in [0.15, 0.2) is 54.2 Å². The number of anilines is 1. The van der Waals surface area contributed by atoms with Crippen molar-refractivity contribution in [3.63, 3.8) is 0 Å². The van der Waals surface area contributed by atoms with Crippen molar-refractivity contribution in [3.8, 4) is 16.3 Å². The third kappa shape index (κ3) is 2.95. The molecule has 2 heterocycles. The molecule has 1 aromatic carbocycles. The number of hydrogen-bond acceptors (Lipinski definition) is 5. The van der Waals surface area contributed by atoms with E-state index in [1.165, 1.54) is 6.20 Å². The molecule has 0 amide bonds. The summed E-state index contributed by atoms with van der Waals surface area (Å²) in [5.74, 6) is 0.180. The van der Waals surface area contributed by atoms with E-state index in [1.807, 2.05) is 23.6 Å². The Morgan fingerprint density at radius 1 is 1.15 bits per heavy atom. The molecule has 0 spiro atoms. The van der Waals surface area contributed by atoms with E-state index in [9.17, 15) is 5.11 Å². The van der Waals surface area contributed by atoms with Crippen molar-refractivity contribution in [2.45, 2.75) is 6.54 Å². The Kier molecular flexibility index (Phi) is 3.60. The van der Waals surface area contributed by atoms with Gasteiger partial charge in [-0.1, -0.05) is 12.1 Å². The molecule has 3 aromatic rings. The fourth-order valence-electron chi connectivity index (χ4n) is 1.84. The summed E-state index contributed by atoms with van der Waals surface area (Å²) in [5.41, 5.74) is 3.00. The van der Waals surface area contributed by atoms with Crippen molar-refractivity contribution in [1.82, 2.24) is 9.97 Å². The zero-order valence-corrected chi connectivity index (χ0v) is 11.5. The van der Waals surface area contributed by atoms with Crippen molar-refractivity contribution in [2.75, 3.05) is 5.32 Å².